The highest BCUT2D eigenvalue weighted by Crippen LogP contribution is 2.33. The normalized spacial score (nSPS) is 12.5. The van der Waals surface area contributed by atoms with Crippen LogP contribution in [-0.2, 0) is 23.9 Å². The Balaban J connectivity index is 1.36. The van der Waals surface area contributed by atoms with Crippen LogP contribution in [0.1, 0.15) is 39.0 Å². The summed E-state index contributed by atoms with van der Waals surface area (Å²) in [6.45, 7) is 0.401. The average Bonchev–Trinajstić information content (AvgIpc) is 3.65. The molecule has 194 valence electrons. The maximum absolute atomic E-state index is 13.4. The van der Waals surface area contributed by atoms with Crippen LogP contribution in [0.15, 0.2) is 72.1 Å². The van der Waals surface area contributed by atoms with Gasteiger partial charge >= 0.3 is 6.18 Å². The van der Waals surface area contributed by atoms with Crippen LogP contribution < -0.4 is 5.32 Å². The third-order valence-electron chi connectivity index (χ3n) is 5.90. The minimum atomic E-state index is -4.52. The van der Waals surface area contributed by atoms with E-state index in [2.05, 4.69) is 20.3 Å². The monoisotopic (exact) mass is 555 g/mol. The highest BCUT2D eigenvalue weighted by atomic mass is 32.1. The molecule has 12 heteroatoms. The number of hydrogen-bond donors (Lipinski definition) is 1. The summed E-state index contributed by atoms with van der Waals surface area (Å²) >= 11 is 2.69. The number of hydrogen-bond acceptors (Lipinski definition) is 7. The number of Topliss-reactive ketones (excluding diaryl/α,β-unsaturated/α-hetero) is 1. The second-order valence-electron chi connectivity index (χ2n) is 8.52. The Labute approximate surface area is 223 Å². The molecule has 3 heterocycles. The summed E-state index contributed by atoms with van der Waals surface area (Å²) in [5.74, 6) is -1.38. The molecule has 0 saturated carbocycles. The van der Waals surface area contributed by atoms with E-state index in [1.807, 2.05) is 0 Å². The number of carbonyl (C=O) groups is 2. The molecule has 5 aromatic rings. The van der Waals surface area contributed by atoms with Crippen LogP contribution in [0.2, 0.25) is 0 Å². The van der Waals surface area contributed by atoms with Gasteiger partial charge in [0.1, 0.15) is 10.7 Å². The Morgan fingerprint density at radius 3 is 2.74 bits per heavy atom. The van der Waals surface area contributed by atoms with E-state index in [1.54, 1.807) is 52.4 Å². The van der Waals surface area contributed by atoms with E-state index < -0.39 is 23.6 Å². The van der Waals surface area contributed by atoms with Gasteiger partial charge < -0.3 is 9.88 Å². The summed E-state index contributed by atoms with van der Waals surface area (Å²) < 4.78 is 42.6. The lowest BCUT2D eigenvalue weighted by molar-refractivity contribution is -0.137. The van der Waals surface area contributed by atoms with Crippen LogP contribution >= 0.6 is 22.7 Å². The van der Waals surface area contributed by atoms with E-state index in [9.17, 15) is 22.8 Å². The summed E-state index contributed by atoms with van der Waals surface area (Å²) in [5, 5.41) is 5.17. The third kappa shape index (κ3) is 5.97. The second-order valence-corrected chi connectivity index (χ2v) is 10.4. The molecular formula is C26H20F3N5O2S2. The summed E-state index contributed by atoms with van der Waals surface area (Å²) in [7, 11) is 0. The summed E-state index contributed by atoms with van der Waals surface area (Å²) in [6.07, 6.45) is 0.802. The number of aryl methyl sites for hydroxylation is 1. The quantitative estimate of drug-likeness (QED) is 0.219. The van der Waals surface area contributed by atoms with Gasteiger partial charge in [0.25, 0.3) is 0 Å². The van der Waals surface area contributed by atoms with Crippen LogP contribution in [0.4, 0.5) is 18.9 Å². The largest absolute Gasteiger partial charge is 0.416 e. The molecule has 0 aliphatic carbocycles. The second kappa shape index (κ2) is 10.8. The minimum absolute atomic E-state index is 0.122. The minimum Gasteiger partial charge on any atom is -0.337 e. The molecule has 3 aromatic heterocycles. The first-order valence-electron chi connectivity index (χ1n) is 11.5. The third-order valence-corrected chi connectivity index (χ3v) is 7.50. The molecule has 0 aliphatic heterocycles. The number of aromatic nitrogens is 4. The van der Waals surface area contributed by atoms with Crippen LogP contribution in [0.25, 0.3) is 10.2 Å². The SMILES string of the molecule is O=C(Cc1nc2ccc(NC(=O)C(CCn3ccnc3)c3cccc(C(F)(F)F)c3)cc2s1)c1cscn1. The molecule has 1 atom stereocenters. The van der Waals surface area contributed by atoms with Crippen molar-refractivity contribution in [1.82, 2.24) is 19.5 Å². The zero-order valence-electron chi connectivity index (χ0n) is 19.7. The van der Waals surface area contributed by atoms with Crippen molar-refractivity contribution in [1.29, 1.82) is 0 Å². The zero-order chi connectivity index (χ0) is 26.7. The Kier molecular flexibility index (Phi) is 7.34. The number of amides is 1. The van der Waals surface area contributed by atoms with Gasteiger partial charge in [0, 0.05) is 30.0 Å². The molecule has 38 heavy (non-hydrogen) atoms. The van der Waals surface area contributed by atoms with Crippen molar-refractivity contribution in [3.8, 4) is 0 Å². The first-order chi connectivity index (χ1) is 18.3. The molecule has 0 aliphatic rings. The molecule has 1 N–H and O–H groups in total. The number of ketones is 1. The van der Waals surface area contributed by atoms with Crippen LogP contribution in [0, 0.1) is 0 Å². The van der Waals surface area contributed by atoms with Crippen molar-refractivity contribution in [2.45, 2.75) is 31.5 Å². The van der Waals surface area contributed by atoms with Gasteiger partial charge in [-0.1, -0.05) is 18.2 Å². The van der Waals surface area contributed by atoms with Crippen molar-refractivity contribution in [3.63, 3.8) is 0 Å². The van der Waals surface area contributed by atoms with E-state index in [4.69, 9.17) is 0 Å². The van der Waals surface area contributed by atoms with Crippen molar-refractivity contribution in [3.05, 3.63) is 93.9 Å². The fourth-order valence-electron chi connectivity index (χ4n) is 4.01. The number of rotatable bonds is 9. The van der Waals surface area contributed by atoms with E-state index in [-0.39, 0.29) is 24.2 Å². The van der Waals surface area contributed by atoms with E-state index in [0.29, 0.717) is 28.5 Å². The number of alkyl halides is 3. The van der Waals surface area contributed by atoms with Gasteiger partial charge in [0.05, 0.1) is 40.0 Å². The lowest BCUT2D eigenvalue weighted by Crippen LogP contribution is -2.23. The van der Waals surface area contributed by atoms with Gasteiger partial charge in [0.2, 0.25) is 5.91 Å². The smallest absolute Gasteiger partial charge is 0.337 e. The summed E-state index contributed by atoms with van der Waals surface area (Å²) in [4.78, 5) is 38.3. The number of anilines is 1. The number of benzene rings is 2. The zero-order valence-corrected chi connectivity index (χ0v) is 21.3. The average molecular weight is 556 g/mol. The van der Waals surface area contributed by atoms with Crippen LogP contribution in [0.3, 0.4) is 0 Å². The Morgan fingerprint density at radius 1 is 1.13 bits per heavy atom. The van der Waals surface area contributed by atoms with Crippen molar-refractivity contribution >= 4 is 50.3 Å². The lowest BCUT2D eigenvalue weighted by Gasteiger charge is -2.19. The van der Waals surface area contributed by atoms with Crippen LogP contribution in [-0.4, -0.2) is 31.2 Å². The van der Waals surface area contributed by atoms with Gasteiger partial charge in [-0.15, -0.1) is 22.7 Å². The molecule has 0 saturated heterocycles. The highest BCUT2D eigenvalue weighted by molar-refractivity contribution is 7.18. The Hall–Kier alpha value is -3.90. The molecule has 7 nitrogen and oxygen atoms in total. The van der Waals surface area contributed by atoms with E-state index in [0.717, 1.165) is 16.8 Å². The van der Waals surface area contributed by atoms with Crippen molar-refractivity contribution < 1.29 is 22.8 Å². The molecule has 0 fully saturated rings. The first kappa shape index (κ1) is 25.7. The number of thiazole rings is 2. The van der Waals surface area contributed by atoms with Gasteiger partial charge in [-0.05, 0) is 36.2 Å². The topological polar surface area (TPSA) is 89.8 Å². The predicted octanol–water partition coefficient (Wildman–Crippen LogP) is 6.21. The van der Waals surface area contributed by atoms with Crippen LogP contribution in [0.5, 0.6) is 0 Å². The molecule has 1 amide bonds. The van der Waals surface area contributed by atoms with Gasteiger partial charge in [-0.3, -0.25) is 9.59 Å². The Morgan fingerprint density at radius 2 is 2.00 bits per heavy atom. The van der Waals surface area contributed by atoms with Gasteiger partial charge in [-0.2, -0.15) is 13.2 Å². The molecule has 0 spiro atoms. The highest BCUT2D eigenvalue weighted by Gasteiger charge is 2.32. The number of imidazole rings is 1. The number of nitrogens with one attached hydrogen (secondary N) is 1. The van der Waals surface area contributed by atoms with Gasteiger partial charge in [-0.25, -0.2) is 15.0 Å². The lowest BCUT2D eigenvalue weighted by atomic mass is 9.93. The summed E-state index contributed by atoms with van der Waals surface area (Å²) in [6, 6.07) is 10.0. The van der Waals surface area contributed by atoms with Gasteiger partial charge in [0.15, 0.2) is 5.78 Å². The number of halogens is 3. The Bertz CT molecular complexity index is 1560. The number of fused-ring (bicyclic) bond motifs is 1. The molecular weight excluding hydrogens is 535 g/mol. The summed E-state index contributed by atoms with van der Waals surface area (Å²) in [5.41, 5.74) is 2.65. The van der Waals surface area contributed by atoms with E-state index in [1.165, 1.54) is 34.8 Å². The fraction of sp³-hybridized carbons (Fsp3) is 0.192. The molecule has 2 aromatic carbocycles. The predicted molar refractivity (Wildman–Crippen MR) is 139 cm³/mol. The van der Waals surface area contributed by atoms with E-state index >= 15 is 0 Å². The molecule has 0 radical (unpaired) electrons. The van der Waals surface area contributed by atoms with Crippen molar-refractivity contribution in [2.75, 3.05) is 5.32 Å². The first-order valence-corrected chi connectivity index (χ1v) is 13.3. The number of carbonyl (C=O) groups excluding carboxylic acids is 2. The standard InChI is InChI=1S/C26H20F3N5O2S2/c27-26(28,29)17-3-1-2-16(10-17)19(6-8-34-9-7-30-14-34)25(36)32-18-4-5-20-23(11-18)38-24(33-20)12-22(35)21-13-37-15-31-21/h1-5,7,9-11,13-15,19H,6,8,12H2,(H,32,36). The molecule has 5 rings (SSSR count). The van der Waals surface area contributed by atoms with Crippen molar-refractivity contribution in [2.24, 2.45) is 0 Å². The fourth-order valence-corrected chi connectivity index (χ4v) is 5.57. The maximum Gasteiger partial charge on any atom is 0.416 e. The number of nitrogens with zero attached hydrogens (tertiary/aromatic N) is 4. The maximum atomic E-state index is 13.4. The molecule has 0 bridgehead atoms. The molecule has 1 unspecified atom stereocenters.